The van der Waals surface area contributed by atoms with Gasteiger partial charge in [-0.2, -0.15) is 0 Å². The molecule has 0 aliphatic heterocycles. The summed E-state index contributed by atoms with van der Waals surface area (Å²) >= 11 is 9.53. The second kappa shape index (κ2) is 7.16. The Kier molecular flexibility index (Phi) is 5.51. The lowest BCUT2D eigenvalue weighted by molar-refractivity contribution is 0.401. The molecule has 0 spiro atoms. The molecular weight excluding hydrogens is 352 g/mol. The second-order valence-corrected chi connectivity index (χ2v) is 6.46. The van der Waals surface area contributed by atoms with Crippen LogP contribution in [0.1, 0.15) is 11.1 Å². The molecule has 0 atom stereocenters. The maximum atomic E-state index is 9.80. The number of rotatable bonds is 5. The lowest BCUT2D eigenvalue weighted by atomic mass is 10.1. The third kappa shape index (κ3) is 4.63. The van der Waals surface area contributed by atoms with Gasteiger partial charge in [-0.25, -0.2) is 0 Å². The fourth-order valence-corrected chi connectivity index (χ4v) is 2.72. The topological polar surface area (TPSA) is 35.5 Å². The molecule has 2 aromatic carbocycles. The van der Waals surface area contributed by atoms with E-state index in [0.717, 1.165) is 22.3 Å². The summed E-state index contributed by atoms with van der Waals surface area (Å²) in [5.74, 6) is 0.246. The Bertz CT molecular complexity index is 632. The molecular formula is C16H18BrClN2O. The number of phenols is 1. The van der Waals surface area contributed by atoms with Crippen molar-refractivity contribution in [1.82, 2.24) is 4.90 Å². The van der Waals surface area contributed by atoms with Crippen molar-refractivity contribution in [3.05, 3.63) is 57.0 Å². The van der Waals surface area contributed by atoms with Crippen LogP contribution >= 0.6 is 27.5 Å². The first-order valence-corrected chi connectivity index (χ1v) is 7.77. The van der Waals surface area contributed by atoms with Crippen LogP contribution in [-0.4, -0.2) is 24.1 Å². The Hall–Kier alpha value is -1.23. The second-order valence-electron chi connectivity index (χ2n) is 5.17. The highest BCUT2D eigenvalue weighted by atomic mass is 79.9. The minimum Gasteiger partial charge on any atom is -0.508 e. The van der Waals surface area contributed by atoms with Crippen LogP contribution in [0.4, 0.5) is 5.69 Å². The monoisotopic (exact) mass is 368 g/mol. The van der Waals surface area contributed by atoms with E-state index in [-0.39, 0.29) is 5.75 Å². The van der Waals surface area contributed by atoms with Gasteiger partial charge in [0, 0.05) is 33.8 Å². The molecule has 21 heavy (non-hydrogen) atoms. The summed E-state index contributed by atoms with van der Waals surface area (Å²) in [4.78, 5) is 2.12. The molecule has 2 rings (SSSR count). The van der Waals surface area contributed by atoms with E-state index < -0.39 is 0 Å². The van der Waals surface area contributed by atoms with Gasteiger partial charge in [0.25, 0.3) is 0 Å². The molecule has 5 heteroatoms. The first kappa shape index (κ1) is 16.1. The van der Waals surface area contributed by atoms with Crippen LogP contribution in [0.3, 0.4) is 0 Å². The van der Waals surface area contributed by atoms with Crippen LogP contribution in [0.5, 0.6) is 5.75 Å². The lowest BCUT2D eigenvalue weighted by Crippen LogP contribution is -2.11. The van der Waals surface area contributed by atoms with E-state index in [0.29, 0.717) is 11.6 Å². The molecule has 2 aromatic rings. The van der Waals surface area contributed by atoms with Gasteiger partial charge in [0.05, 0.1) is 0 Å². The van der Waals surface area contributed by atoms with Gasteiger partial charge in [-0.15, -0.1) is 0 Å². The Morgan fingerprint density at radius 1 is 1.14 bits per heavy atom. The summed E-state index contributed by atoms with van der Waals surface area (Å²) in [6, 6.07) is 11.2. The van der Waals surface area contributed by atoms with Crippen molar-refractivity contribution in [1.29, 1.82) is 0 Å². The number of hydrogen-bond acceptors (Lipinski definition) is 3. The van der Waals surface area contributed by atoms with Gasteiger partial charge in [-0.05, 0) is 50.0 Å². The predicted molar refractivity (Wildman–Crippen MR) is 92.0 cm³/mol. The number of anilines is 1. The van der Waals surface area contributed by atoms with Gasteiger partial charge in [0.2, 0.25) is 0 Å². The molecule has 0 bridgehead atoms. The van der Waals surface area contributed by atoms with Crippen molar-refractivity contribution in [2.45, 2.75) is 13.1 Å². The quantitative estimate of drug-likeness (QED) is 0.815. The van der Waals surface area contributed by atoms with Crippen LogP contribution in [0, 0.1) is 0 Å². The normalized spacial score (nSPS) is 10.9. The van der Waals surface area contributed by atoms with E-state index in [2.05, 4.69) is 32.2 Å². The zero-order chi connectivity index (χ0) is 15.4. The average molecular weight is 370 g/mol. The molecule has 0 unspecified atom stereocenters. The van der Waals surface area contributed by atoms with Crippen molar-refractivity contribution in [2.24, 2.45) is 0 Å². The minimum atomic E-state index is 0.246. The van der Waals surface area contributed by atoms with Gasteiger partial charge in [0.15, 0.2) is 0 Å². The van der Waals surface area contributed by atoms with Crippen LogP contribution < -0.4 is 5.32 Å². The number of nitrogens with one attached hydrogen (secondary N) is 1. The van der Waals surface area contributed by atoms with E-state index in [4.69, 9.17) is 11.6 Å². The molecule has 0 aliphatic rings. The van der Waals surface area contributed by atoms with E-state index in [1.165, 1.54) is 5.56 Å². The number of halogens is 2. The van der Waals surface area contributed by atoms with Gasteiger partial charge >= 0.3 is 0 Å². The third-order valence-corrected chi connectivity index (χ3v) is 4.04. The number of nitrogens with zero attached hydrogens (tertiary/aromatic N) is 1. The van der Waals surface area contributed by atoms with Crippen LogP contribution in [-0.2, 0) is 13.1 Å². The minimum absolute atomic E-state index is 0.246. The fraction of sp³-hybridized carbons (Fsp3) is 0.250. The summed E-state index contributed by atoms with van der Waals surface area (Å²) in [6.07, 6.45) is 0. The number of benzene rings is 2. The van der Waals surface area contributed by atoms with E-state index in [1.54, 1.807) is 18.2 Å². The van der Waals surface area contributed by atoms with Crippen LogP contribution in [0.2, 0.25) is 5.02 Å². The molecule has 0 aliphatic carbocycles. The standard InChI is InChI=1S/C16H18BrClN2O/c1-20(2)10-11-3-5-14(8-15(11)17)19-9-12-7-13(18)4-6-16(12)21/h3-8,19,21H,9-10H2,1-2H3. The molecule has 3 nitrogen and oxygen atoms in total. The largest absolute Gasteiger partial charge is 0.508 e. The van der Waals surface area contributed by atoms with Crippen LogP contribution in [0.15, 0.2) is 40.9 Å². The summed E-state index contributed by atoms with van der Waals surface area (Å²) in [6.45, 7) is 1.40. The van der Waals surface area contributed by atoms with Crippen LogP contribution in [0.25, 0.3) is 0 Å². The zero-order valence-electron chi connectivity index (χ0n) is 12.0. The molecule has 0 amide bonds. The zero-order valence-corrected chi connectivity index (χ0v) is 14.4. The van der Waals surface area contributed by atoms with Crippen molar-refractivity contribution in [3.8, 4) is 5.75 Å². The Morgan fingerprint density at radius 2 is 1.90 bits per heavy atom. The summed E-state index contributed by atoms with van der Waals surface area (Å²) in [7, 11) is 4.08. The predicted octanol–water partition coefficient (Wildman–Crippen LogP) is 4.48. The number of hydrogen-bond donors (Lipinski definition) is 2. The molecule has 112 valence electrons. The van der Waals surface area contributed by atoms with Crippen molar-refractivity contribution < 1.29 is 5.11 Å². The molecule has 0 fully saturated rings. The van der Waals surface area contributed by atoms with Gasteiger partial charge in [0.1, 0.15) is 5.75 Å². The summed E-state index contributed by atoms with van der Waals surface area (Å²) in [5, 5.41) is 13.7. The van der Waals surface area contributed by atoms with Gasteiger partial charge < -0.3 is 15.3 Å². The summed E-state index contributed by atoms with van der Waals surface area (Å²) < 4.78 is 1.07. The van der Waals surface area contributed by atoms with E-state index in [1.807, 2.05) is 26.2 Å². The molecule has 0 saturated heterocycles. The van der Waals surface area contributed by atoms with Crippen molar-refractivity contribution in [3.63, 3.8) is 0 Å². The maximum Gasteiger partial charge on any atom is 0.120 e. The first-order valence-electron chi connectivity index (χ1n) is 6.60. The van der Waals surface area contributed by atoms with E-state index in [9.17, 15) is 5.11 Å². The lowest BCUT2D eigenvalue weighted by Gasteiger charge is -2.14. The molecule has 0 saturated carbocycles. The van der Waals surface area contributed by atoms with Gasteiger partial charge in [-0.1, -0.05) is 33.6 Å². The number of phenolic OH excluding ortho intramolecular Hbond substituents is 1. The highest BCUT2D eigenvalue weighted by molar-refractivity contribution is 9.10. The highest BCUT2D eigenvalue weighted by Gasteiger charge is 2.05. The first-order chi connectivity index (χ1) is 9.95. The third-order valence-electron chi connectivity index (χ3n) is 3.06. The Labute approximate surface area is 138 Å². The van der Waals surface area contributed by atoms with E-state index >= 15 is 0 Å². The highest BCUT2D eigenvalue weighted by Crippen LogP contribution is 2.25. The fourth-order valence-electron chi connectivity index (χ4n) is 2.02. The smallest absolute Gasteiger partial charge is 0.120 e. The van der Waals surface area contributed by atoms with Gasteiger partial charge in [-0.3, -0.25) is 0 Å². The molecule has 0 heterocycles. The maximum absolute atomic E-state index is 9.80. The Balaban J connectivity index is 2.07. The van der Waals surface area contributed by atoms with Crippen molar-refractivity contribution >= 4 is 33.2 Å². The van der Waals surface area contributed by atoms with Crippen molar-refractivity contribution in [2.75, 3.05) is 19.4 Å². The molecule has 2 N–H and O–H groups in total. The summed E-state index contributed by atoms with van der Waals surface area (Å²) in [5.41, 5.74) is 3.00. The molecule has 0 aromatic heterocycles. The average Bonchev–Trinajstić information content (AvgIpc) is 2.42. The Morgan fingerprint density at radius 3 is 2.57 bits per heavy atom. The number of aromatic hydroxyl groups is 1. The molecule has 0 radical (unpaired) electrons. The SMILES string of the molecule is CN(C)Cc1ccc(NCc2cc(Cl)ccc2O)cc1Br.